The van der Waals surface area contributed by atoms with E-state index in [1.54, 1.807) is 33.3 Å². The van der Waals surface area contributed by atoms with Crippen LogP contribution >= 0.6 is 0 Å². The molecule has 142 valence electrons. The van der Waals surface area contributed by atoms with Crippen molar-refractivity contribution in [3.63, 3.8) is 0 Å². The van der Waals surface area contributed by atoms with E-state index >= 15 is 0 Å². The molecule has 0 unspecified atom stereocenters. The van der Waals surface area contributed by atoms with Crippen LogP contribution in [0.15, 0.2) is 35.2 Å². The standard InChI is InChI=1S/C20H27NO4S/c1-7-17(16-8-9-18(24-5)13(2)10-16)21-26(22,23)20-12-14(3)19(25-6)11-15(20)4/h8-12,17,21H,7H2,1-6H3/t17-/m1/s1. The van der Waals surface area contributed by atoms with Crippen molar-refractivity contribution < 1.29 is 17.9 Å². The number of hydrogen-bond donors (Lipinski definition) is 1. The van der Waals surface area contributed by atoms with Gasteiger partial charge in [0.05, 0.1) is 19.1 Å². The van der Waals surface area contributed by atoms with E-state index < -0.39 is 10.0 Å². The fourth-order valence-electron chi connectivity index (χ4n) is 3.03. The van der Waals surface area contributed by atoms with Gasteiger partial charge in [-0.15, -0.1) is 0 Å². The highest BCUT2D eigenvalue weighted by molar-refractivity contribution is 7.89. The first-order valence-electron chi connectivity index (χ1n) is 8.55. The van der Waals surface area contributed by atoms with Crippen molar-refractivity contribution in [1.82, 2.24) is 4.72 Å². The summed E-state index contributed by atoms with van der Waals surface area (Å²) in [5.41, 5.74) is 3.32. The fourth-order valence-corrected chi connectivity index (χ4v) is 4.65. The van der Waals surface area contributed by atoms with Gasteiger partial charge in [0.2, 0.25) is 10.0 Å². The maximum Gasteiger partial charge on any atom is 0.241 e. The van der Waals surface area contributed by atoms with E-state index in [0.29, 0.717) is 17.7 Å². The lowest BCUT2D eigenvalue weighted by Gasteiger charge is -2.20. The molecule has 6 heteroatoms. The molecule has 0 saturated carbocycles. The van der Waals surface area contributed by atoms with E-state index in [2.05, 4.69) is 4.72 Å². The van der Waals surface area contributed by atoms with Gasteiger partial charge in [0, 0.05) is 6.04 Å². The lowest BCUT2D eigenvalue weighted by atomic mass is 10.0. The molecule has 1 atom stereocenters. The molecule has 2 aromatic rings. The van der Waals surface area contributed by atoms with Gasteiger partial charge >= 0.3 is 0 Å². The summed E-state index contributed by atoms with van der Waals surface area (Å²) in [6, 6.07) is 8.82. The molecular weight excluding hydrogens is 350 g/mol. The van der Waals surface area contributed by atoms with Gasteiger partial charge in [-0.1, -0.05) is 19.1 Å². The van der Waals surface area contributed by atoms with Crippen LogP contribution in [0.3, 0.4) is 0 Å². The maximum atomic E-state index is 13.0. The highest BCUT2D eigenvalue weighted by Crippen LogP contribution is 2.29. The second kappa shape index (κ2) is 8.10. The highest BCUT2D eigenvalue weighted by Gasteiger charge is 2.23. The summed E-state index contributed by atoms with van der Waals surface area (Å²) in [5, 5.41) is 0. The Bertz CT molecular complexity index is 891. The SMILES string of the molecule is CC[C@@H](NS(=O)(=O)c1cc(C)c(OC)cc1C)c1ccc(OC)c(C)c1. The molecule has 2 aromatic carbocycles. The number of rotatable bonds is 7. The number of methoxy groups -OCH3 is 2. The van der Waals surface area contributed by atoms with E-state index in [1.165, 1.54) is 0 Å². The zero-order chi connectivity index (χ0) is 19.5. The summed E-state index contributed by atoms with van der Waals surface area (Å²) < 4.78 is 39.4. The Hall–Kier alpha value is -2.05. The lowest BCUT2D eigenvalue weighted by molar-refractivity contribution is 0.411. The van der Waals surface area contributed by atoms with Gasteiger partial charge < -0.3 is 9.47 Å². The minimum absolute atomic E-state index is 0.277. The second-order valence-corrected chi connectivity index (χ2v) is 8.08. The first-order valence-corrected chi connectivity index (χ1v) is 10.0. The molecule has 0 spiro atoms. The van der Waals surface area contributed by atoms with Gasteiger partial charge in [-0.05, 0) is 67.6 Å². The predicted octanol–water partition coefficient (Wildman–Crippen LogP) is 4.06. The van der Waals surface area contributed by atoms with Crippen LogP contribution in [-0.2, 0) is 10.0 Å². The largest absolute Gasteiger partial charge is 0.496 e. The fraction of sp³-hybridized carbons (Fsp3) is 0.400. The van der Waals surface area contributed by atoms with Crippen molar-refractivity contribution in [3.05, 3.63) is 52.6 Å². The van der Waals surface area contributed by atoms with Gasteiger partial charge in [0.15, 0.2) is 0 Å². The van der Waals surface area contributed by atoms with Crippen molar-refractivity contribution in [1.29, 1.82) is 0 Å². The average Bonchev–Trinajstić information content (AvgIpc) is 2.61. The Morgan fingerprint density at radius 3 is 2.08 bits per heavy atom. The molecule has 0 radical (unpaired) electrons. The van der Waals surface area contributed by atoms with Crippen LogP contribution in [0.4, 0.5) is 0 Å². The van der Waals surface area contributed by atoms with Crippen LogP contribution in [-0.4, -0.2) is 22.6 Å². The third-order valence-corrected chi connectivity index (χ3v) is 6.12. The van der Waals surface area contributed by atoms with E-state index in [0.717, 1.165) is 22.4 Å². The van der Waals surface area contributed by atoms with Crippen molar-refractivity contribution in [2.45, 2.75) is 45.1 Å². The number of hydrogen-bond acceptors (Lipinski definition) is 4. The number of ether oxygens (including phenoxy) is 2. The summed E-state index contributed by atoms with van der Waals surface area (Å²) >= 11 is 0. The molecular formula is C20H27NO4S. The number of aryl methyl sites for hydroxylation is 3. The molecule has 0 aliphatic rings. The zero-order valence-electron chi connectivity index (χ0n) is 16.2. The van der Waals surface area contributed by atoms with Crippen LogP contribution in [0.25, 0.3) is 0 Å². The molecule has 1 N–H and O–H groups in total. The van der Waals surface area contributed by atoms with E-state index in [-0.39, 0.29) is 10.9 Å². The summed E-state index contributed by atoms with van der Waals surface area (Å²) in [5.74, 6) is 1.47. The normalized spacial score (nSPS) is 12.7. The number of benzene rings is 2. The summed E-state index contributed by atoms with van der Waals surface area (Å²) in [6.45, 7) is 7.51. The van der Waals surface area contributed by atoms with Crippen molar-refractivity contribution in [3.8, 4) is 11.5 Å². The topological polar surface area (TPSA) is 64.6 Å². The summed E-state index contributed by atoms with van der Waals surface area (Å²) in [7, 11) is -0.465. The third kappa shape index (κ3) is 4.19. The average molecular weight is 378 g/mol. The number of sulfonamides is 1. The Morgan fingerprint density at radius 1 is 0.923 bits per heavy atom. The van der Waals surface area contributed by atoms with Gasteiger partial charge in [0.1, 0.15) is 11.5 Å². The van der Waals surface area contributed by atoms with E-state index in [4.69, 9.17) is 9.47 Å². The smallest absolute Gasteiger partial charge is 0.241 e. The molecule has 26 heavy (non-hydrogen) atoms. The van der Waals surface area contributed by atoms with Crippen molar-refractivity contribution in [2.24, 2.45) is 0 Å². The van der Waals surface area contributed by atoms with Crippen LogP contribution in [0.2, 0.25) is 0 Å². The van der Waals surface area contributed by atoms with Gasteiger partial charge in [-0.25, -0.2) is 13.1 Å². The minimum atomic E-state index is -3.66. The highest BCUT2D eigenvalue weighted by atomic mass is 32.2. The molecule has 0 fully saturated rings. The van der Waals surface area contributed by atoms with Crippen LogP contribution < -0.4 is 14.2 Å². The molecule has 0 bridgehead atoms. The minimum Gasteiger partial charge on any atom is -0.496 e. The molecule has 0 amide bonds. The lowest BCUT2D eigenvalue weighted by Crippen LogP contribution is -2.29. The summed E-state index contributed by atoms with van der Waals surface area (Å²) in [6.07, 6.45) is 0.638. The van der Waals surface area contributed by atoms with E-state index in [9.17, 15) is 8.42 Å². The van der Waals surface area contributed by atoms with Crippen LogP contribution in [0.5, 0.6) is 11.5 Å². The molecule has 0 heterocycles. The van der Waals surface area contributed by atoms with Crippen molar-refractivity contribution >= 4 is 10.0 Å². The van der Waals surface area contributed by atoms with Gasteiger partial charge in [-0.2, -0.15) is 0 Å². The Kier molecular flexibility index (Phi) is 6.31. The molecule has 5 nitrogen and oxygen atoms in total. The molecule has 2 rings (SSSR count). The maximum absolute atomic E-state index is 13.0. The summed E-state index contributed by atoms with van der Waals surface area (Å²) in [4.78, 5) is 0.277. The van der Waals surface area contributed by atoms with Crippen LogP contribution in [0, 0.1) is 20.8 Å². The Balaban J connectivity index is 2.38. The quantitative estimate of drug-likeness (QED) is 0.790. The molecule has 0 saturated heterocycles. The van der Waals surface area contributed by atoms with E-state index in [1.807, 2.05) is 39.0 Å². The first-order chi connectivity index (χ1) is 12.2. The Labute approximate surface area is 156 Å². The molecule has 0 aliphatic heterocycles. The number of nitrogens with one attached hydrogen (secondary N) is 1. The predicted molar refractivity (Wildman–Crippen MR) is 104 cm³/mol. The third-order valence-electron chi connectivity index (χ3n) is 4.51. The first kappa shape index (κ1) is 20.3. The van der Waals surface area contributed by atoms with Crippen LogP contribution in [0.1, 0.15) is 41.6 Å². The van der Waals surface area contributed by atoms with Crippen molar-refractivity contribution in [2.75, 3.05) is 14.2 Å². The molecule has 0 aliphatic carbocycles. The zero-order valence-corrected chi connectivity index (χ0v) is 17.0. The van der Waals surface area contributed by atoms with Gasteiger partial charge in [-0.3, -0.25) is 0 Å². The second-order valence-electron chi connectivity index (χ2n) is 6.40. The molecule has 0 aromatic heterocycles. The van der Waals surface area contributed by atoms with Gasteiger partial charge in [0.25, 0.3) is 0 Å². The Morgan fingerprint density at radius 2 is 1.54 bits per heavy atom. The monoisotopic (exact) mass is 377 g/mol.